The Kier molecular flexibility index (Phi) is 5.76. The van der Waals surface area contributed by atoms with E-state index in [-0.39, 0.29) is 11.9 Å². The topological polar surface area (TPSA) is 35.6 Å². The molecule has 4 heteroatoms. The number of likely N-dealkylation sites (tertiary alicyclic amines) is 1. The van der Waals surface area contributed by atoms with Crippen molar-refractivity contribution in [2.24, 2.45) is 0 Å². The zero-order valence-electron chi connectivity index (χ0n) is 13.4. The number of carbonyl (C=O) groups is 1. The molecular weight excluding hydrogens is 262 g/mol. The number of hydrogen-bond acceptors (Lipinski definition) is 3. The highest BCUT2D eigenvalue weighted by molar-refractivity contribution is 5.96. The molecule has 0 aromatic heterocycles. The lowest BCUT2D eigenvalue weighted by Gasteiger charge is -2.37. The Morgan fingerprint density at radius 1 is 1.43 bits per heavy atom. The normalized spacial score (nSPS) is 21.0. The number of nitrogens with one attached hydrogen (secondary N) is 1. The molecule has 1 heterocycles. The molecule has 2 rings (SSSR count). The molecule has 0 spiro atoms. The first-order chi connectivity index (χ1) is 10.2. The minimum Gasteiger partial charge on any atom is -0.316 e. The van der Waals surface area contributed by atoms with Crippen molar-refractivity contribution in [2.75, 3.05) is 31.6 Å². The predicted molar refractivity (Wildman–Crippen MR) is 87.6 cm³/mol. The highest BCUT2D eigenvalue weighted by Crippen LogP contribution is 2.18. The molecule has 1 N–H and O–H groups in total. The Morgan fingerprint density at radius 2 is 2.14 bits per heavy atom. The van der Waals surface area contributed by atoms with Crippen LogP contribution in [0.1, 0.15) is 26.7 Å². The smallest absolute Gasteiger partial charge is 0.244 e. The van der Waals surface area contributed by atoms with E-state index in [0.29, 0.717) is 12.6 Å². The number of hydrogen-bond donors (Lipinski definition) is 1. The van der Waals surface area contributed by atoms with Crippen molar-refractivity contribution >= 4 is 11.6 Å². The van der Waals surface area contributed by atoms with Gasteiger partial charge in [0.05, 0.1) is 6.04 Å². The fourth-order valence-corrected chi connectivity index (χ4v) is 3.05. The summed E-state index contributed by atoms with van der Waals surface area (Å²) >= 11 is 0. The van der Waals surface area contributed by atoms with Crippen molar-refractivity contribution in [2.45, 2.75) is 38.8 Å². The van der Waals surface area contributed by atoms with E-state index < -0.39 is 0 Å². The van der Waals surface area contributed by atoms with Crippen molar-refractivity contribution in [1.29, 1.82) is 0 Å². The summed E-state index contributed by atoms with van der Waals surface area (Å²) in [5, 5.41) is 3.34. The van der Waals surface area contributed by atoms with Crippen molar-refractivity contribution in [1.82, 2.24) is 10.2 Å². The highest BCUT2D eigenvalue weighted by atomic mass is 16.2. The maximum atomic E-state index is 12.8. The first kappa shape index (κ1) is 16.0. The quantitative estimate of drug-likeness (QED) is 0.902. The number of rotatable bonds is 5. The molecule has 1 aromatic carbocycles. The molecule has 1 aliphatic rings. The van der Waals surface area contributed by atoms with Gasteiger partial charge in [-0.15, -0.1) is 0 Å². The monoisotopic (exact) mass is 289 g/mol. The van der Waals surface area contributed by atoms with E-state index in [9.17, 15) is 4.79 Å². The zero-order valence-corrected chi connectivity index (χ0v) is 13.4. The standard InChI is InChI=1S/C17H27N3O/c1-4-20(16-10-6-5-7-11-16)17(21)14(2)19-12-8-9-15(13-19)18-3/h5-7,10-11,14-15,18H,4,8-9,12-13H2,1-3H3. The predicted octanol–water partition coefficient (Wildman–Crippen LogP) is 2.11. The van der Waals surface area contributed by atoms with Crippen LogP contribution in [0.3, 0.4) is 0 Å². The second kappa shape index (κ2) is 7.57. The molecule has 116 valence electrons. The summed E-state index contributed by atoms with van der Waals surface area (Å²) < 4.78 is 0. The van der Waals surface area contributed by atoms with Gasteiger partial charge in [-0.05, 0) is 52.4 Å². The number of amides is 1. The molecule has 4 nitrogen and oxygen atoms in total. The lowest BCUT2D eigenvalue weighted by Crippen LogP contribution is -2.53. The lowest BCUT2D eigenvalue weighted by molar-refractivity contribution is -0.123. The van der Waals surface area contributed by atoms with Crippen LogP contribution in [0.15, 0.2) is 30.3 Å². The average Bonchev–Trinajstić information content (AvgIpc) is 2.55. The van der Waals surface area contributed by atoms with Gasteiger partial charge in [-0.3, -0.25) is 9.69 Å². The molecule has 0 saturated carbocycles. The molecule has 1 aromatic rings. The second-order valence-corrected chi connectivity index (χ2v) is 5.72. The third-order valence-corrected chi connectivity index (χ3v) is 4.42. The average molecular weight is 289 g/mol. The molecule has 1 amide bonds. The van der Waals surface area contributed by atoms with E-state index in [1.165, 1.54) is 6.42 Å². The van der Waals surface area contributed by atoms with Gasteiger partial charge in [0.1, 0.15) is 0 Å². The van der Waals surface area contributed by atoms with Crippen LogP contribution in [0.4, 0.5) is 5.69 Å². The van der Waals surface area contributed by atoms with Gasteiger partial charge in [0.15, 0.2) is 0 Å². The van der Waals surface area contributed by atoms with Gasteiger partial charge < -0.3 is 10.2 Å². The number of para-hydroxylation sites is 1. The Bertz CT molecular complexity index is 449. The molecule has 0 radical (unpaired) electrons. The van der Waals surface area contributed by atoms with Gasteiger partial charge in [0.2, 0.25) is 5.91 Å². The molecule has 0 bridgehead atoms. The fourth-order valence-electron chi connectivity index (χ4n) is 3.05. The van der Waals surface area contributed by atoms with E-state index in [2.05, 4.69) is 10.2 Å². The number of benzene rings is 1. The fraction of sp³-hybridized carbons (Fsp3) is 0.588. The number of carbonyl (C=O) groups excluding carboxylic acids is 1. The Balaban J connectivity index is 2.06. The molecule has 1 aliphatic heterocycles. The van der Waals surface area contributed by atoms with E-state index in [1.807, 2.05) is 56.1 Å². The number of anilines is 1. The first-order valence-electron chi connectivity index (χ1n) is 7.95. The maximum Gasteiger partial charge on any atom is 0.244 e. The molecule has 0 aliphatic carbocycles. The third kappa shape index (κ3) is 3.83. The minimum atomic E-state index is -0.0682. The number of nitrogens with zero attached hydrogens (tertiary/aromatic N) is 2. The summed E-state index contributed by atoms with van der Waals surface area (Å²) in [6, 6.07) is 10.4. The van der Waals surface area contributed by atoms with Crippen LogP contribution in [0.2, 0.25) is 0 Å². The SMILES string of the molecule is CCN(C(=O)C(C)N1CCCC(NC)C1)c1ccccc1. The lowest BCUT2D eigenvalue weighted by atomic mass is 10.0. The summed E-state index contributed by atoms with van der Waals surface area (Å²) in [5.41, 5.74) is 0.985. The third-order valence-electron chi connectivity index (χ3n) is 4.42. The van der Waals surface area contributed by atoms with Crippen LogP contribution < -0.4 is 10.2 Å². The van der Waals surface area contributed by atoms with Crippen molar-refractivity contribution in [3.8, 4) is 0 Å². The summed E-state index contributed by atoms with van der Waals surface area (Å²) in [5.74, 6) is 0.195. The molecular formula is C17H27N3O. The van der Waals surface area contributed by atoms with Crippen molar-refractivity contribution < 1.29 is 4.79 Å². The van der Waals surface area contributed by atoms with Crippen LogP contribution in [-0.4, -0.2) is 49.6 Å². The van der Waals surface area contributed by atoms with Crippen LogP contribution in [-0.2, 0) is 4.79 Å². The Labute approximate surface area is 128 Å². The molecule has 2 atom stereocenters. The Morgan fingerprint density at radius 3 is 2.76 bits per heavy atom. The van der Waals surface area contributed by atoms with Crippen molar-refractivity contribution in [3.63, 3.8) is 0 Å². The summed E-state index contributed by atoms with van der Waals surface area (Å²) in [7, 11) is 2.00. The van der Waals surface area contributed by atoms with Gasteiger partial charge >= 0.3 is 0 Å². The number of piperidine rings is 1. The van der Waals surface area contributed by atoms with Crippen LogP contribution in [0, 0.1) is 0 Å². The molecule has 21 heavy (non-hydrogen) atoms. The van der Waals surface area contributed by atoms with E-state index in [0.717, 1.165) is 25.2 Å². The summed E-state index contributed by atoms with van der Waals surface area (Å²) in [6.45, 7) is 6.74. The van der Waals surface area contributed by atoms with Gasteiger partial charge in [0, 0.05) is 24.8 Å². The Hall–Kier alpha value is -1.39. The molecule has 1 fully saturated rings. The van der Waals surface area contributed by atoms with E-state index in [1.54, 1.807) is 0 Å². The zero-order chi connectivity index (χ0) is 15.2. The van der Waals surface area contributed by atoms with Gasteiger partial charge in [-0.2, -0.15) is 0 Å². The highest BCUT2D eigenvalue weighted by Gasteiger charge is 2.29. The largest absolute Gasteiger partial charge is 0.316 e. The van der Waals surface area contributed by atoms with Crippen LogP contribution in [0.25, 0.3) is 0 Å². The first-order valence-corrected chi connectivity index (χ1v) is 7.95. The maximum absolute atomic E-state index is 12.8. The van der Waals surface area contributed by atoms with Gasteiger partial charge in [-0.25, -0.2) is 0 Å². The van der Waals surface area contributed by atoms with Gasteiger partial charge in [0.25, 0.3) is 0 Å². The van der Waals surface area contributed by atoms with E-state index in [4.69, 9.17) is 0 Å². The summed E-state index contributed by atoms with van der Waals surface area (Å²) in [6.07, 6.45) is 2.35. The van der Waals surface area contributed by atoms with E-state index >= 15 is 0 Å². The second-order valence-electron chi connectivity index (χ2n) is 5.72. The van der Waals surface area contributed by atoms with Gasteiger partial charge in [-0.1, -0.05) is 18.2 Å². The molecule has 1 saturated heterocycles. The minimum absolute atomic E-state index is 0.0682. The number of likely N-dealkylation sites (N-methyl/N-ethyl adjacent to an activating group) is 2. The van der Waals surface area contributed by atoms with Crippen LogP contribution in [0.5, 0.6) is 0 Å². The molecule has 2 unspecified atom stereocenters. The van der Waals surface area contributed by atoms with Crippen molar-refractivity contribution in [3.05, 3.63) is 30.3 Å². The summed E-state index contributed by atoms with van der Waals surface area (Å²) in [4.78, 5) is 17.0. The van der Waals surface area contributed by atoms with Crippen LogP contribution >= 0.6 is 0 Å².